The minimum atomic E-state index is 0.263. The van der Waals surface area contributed by atoms with Crippen molar-refractivity contribution < 1.29 is 19.4 Å². The molecule has 1 aromatic heterocycles. The van der Waals surface area contributed by atoms with Gasteiger partial charge in [-0.2, -0.15) is 9.97 Å². The highest BCUT2D eigenvalue weighted by Gasteiger charge is 2.29. The molecule has 0 spiro atoms. The Balaban J connectivity index is 1.25. The summed E-state index contributed by atoms with van der Waals surface area (Å²) in [5.74, 6) is 1.66. The van der Waals surface area contributed by atoms with Crippen molar-refractivity contribution in [2.24, 2.45) is 5.92 Å². The van der Waals surface area contributed by atoms with E-state index in [0.717, 1.165) is 106 Å². The molecule has 2 saturated heterocycles. The van der Waals surface area contributed by atoms with Crippen LogP contribution in [0.1, 0.15) is 17.7 Å². The zero-order valence-electron chi connectivity index (χ0n) is 24.3. The van der Waals surface area contributed by atoms with E-state index < -0.39 is 0 Å². The van der Waals surface area contributed by atoms with E-state index in [2.05, 4.69) is 25.7 Å². The van der Waals surface area contributed by atoms with Crippen LogP contribution in [0, 0.1) is 5.92 Å². The fourth-order valence-electron chi connectivity index (χ4n) is 6.36. The summed E-state index contributed by atoms with van der Waals surface area (Å²) in [6.45, 7) is 9.01. The van der Waals surface area contributed by atoms with Gasteiger partial charge in [0, 0.05) is 87.7 Å². The molecule has 0 unspecified atom stereocenters. The third-order valence-electron chi connectivity index (χ3n) is 8.61. The maximum Gasteiger partial charge on any atom is 0.318 e. The van der Waals surface area contributed by atoms with Crippen molar-refractivity contribution in [2.75, 3.05) is 82.5 Å². The molecule has 3 aromatic rings. The van der Waals surface area contributed by atoms with Gasteiger partial charge in [-0.25, -0.2) is 0 Å². The number of benzene rings is 2. The first-order valence-corrected chi connectivity index (χ1v) is 14.9. The molecule has 42 heavy (non-hydrogen) atoms. The quantitative estimate of drug-likeness (QED) is 0.289. The Morgan fingerprint density at radius 1 is 1.05 bits per heavy atom. The van der Waals surface area contributed by atoms with Gasteiger partial charge in [-0.05, 0) is 36.9 Å². The Kier molecular flexibility index (Phi) is 8.71. The number of methoxy groups -OCH3 is 1. The second kappa shape index (κ2) is 13.0. The Bertz CT molecular complexity index is 1420. The molecule has 0 amide bonds. The Hall–Kier alpha value is -3.89. The predicted molar refractivity (Wildman–Crippen MR) is 163 cm³/mol. The minimum Gasteiger partial charge on any atom is -0.508 e. The molecule has 3 aliphatic heterocycles. The molecule has 0 radical (unpaired) electrons. The van der Waals surface area contributed by atoms with E-state index in [0.29, 0.717) is 25.1 Å². The number of likely N-dealkylation sites (tertiary alicyclic amines) is 1. The van der Waals surface area contributed by atoms with Gasteiger partial charge in [0.2, 0.25) is 0 Å². The van der Waals surface area contributed by atoms with Crippen molar-refractivity contribution in [3.63, 3.8) is 0 Å². The van der Waals surface area contributed by atoms with Crippen LogP contribution in [-0.4, -0.2) is 104 Å². The number of aldehydes is 1. The third kappa shape index (κ3) is 6.29. The van der Waals surface area contributed by atoms with Gasteiger partial charge < -0.3 is 34.2 Å². The van der Waals surface area contributed by atoms with Gasteiger partial charge in [0.05, 0.1) is 25.5 Å². The molecule has 222 valence electrons. The fourth-order valence-corrected chi connectivity index (χ4v) is 6.36. The number of phenolic OH excluding ortho intramolecular Hbond substituents is 1. The summed E-state index contributed by atoms with van der Waals surface area (Å²) in [6, 6.07) is 12.3. The van der Waals surface area contributed by atoms with Crippen molar-refractivity contribution in [2.45, 2.75) is 19.4 Å². The van der Waals surface area contributed by atoms with Crippen molar-refractivity contribution in [1.29, 1.82) is 0 Å². The van der Waals surface area contributed by atoms with E-state index in [1.807, 2.05) is 36.5 Å². The number of phenols is 1. The van der Waals surface area contributed by atoms with Crippen LogP contribution in [0.2, 0.25) is 0 Å². The largest absolute Gasteiger partial charge is 0.508 e. The van der Waals surface area contributed by atoms with Gasteiger partial charge in [0.25, 0.3) is 0 Å². The first-order valence-electron chi connectivity index (χ1n) is 14.9. The number of carbonyl (C=O) groups is 1. The third-order valence-corrected chi connectivity index (χ3v) is 8.61. The molecule has 4 heterocycles. The monoisotopic (exact) mass is 572 g/mol. The molecule has 3 aliphatic rings. The lowest BCUT2D eigenvalue weighted by atomic mass is 10.0. The average molecular weight is 573 g/mol. The molecule has 2 fully saturated rings. The predicted octanol–water partition coefficient (Wildman–Crippen LogP) is 3.08. The lowest BCUT2D eigenvalue weighted by Crippen LogP contribution is -2.45. The van der Waals surface area contributed by atoms with Crippen LogP contribution in [0.15, 0.2) is 48.7 Å². The molecule has 0 saturated carbocycles. The van der Waals surface area contributed by atoms with Gasteiger partial charge in [0.15, 0.2) is 0 Å². The molecular weight excluding hydrogens is 532 g/mol. The van der Waals surface area contributed by atoms with Gasteiger partial charge in [-0.1, -0.05) is 24.3 Å². The van der Waals surface area contributed by atoms with Gasteiger partial charge in [0.1, 0.15) is 17.9 Å². The number of anilines is 2. The average Bonchev–Trinajstić information content (AvgIpc) is 3.48. The number of hydrogen-bond donors (Lipinski definition) is 1. The summed E-state index contributed by atoms with van der Waals surface area (Å²) in [4.78, 5) is 30.0. The van der Waals surface area contributed by atoms with E-state index in [1.165, 1.54) is 5.56 Å². The van der Waals surface area contributed by atoms with Crippen LogP contribution >= 0.6 is 0 Å². The molecule has 0 aliphatic carbocycles. The standard InChI is InChI=1S/C32H40N6O4/c1-41-18-16-36-10-7-24(21-36)23-42-32-33-29-22-38(30-20-26(40)19-25-5-2-3-6-27(25)30)11-8-28(29)31(34-32)37-14-12-35(13-15-37)9-4-17-39/h2-6,9,17,19-20,24,40H,7-8,10-16,18,21-23H2,1H3/t24-/m0/s1. The van der Waals surface area contributed by atoms with Crippen molar-refractivity contribution in [3.05, 3.63) is 59.9 Å². The molecule has 6 rings (SSSR count). The fraction of sp³-hybridized carbons (Fsp3) is 0.469. The Labute approximate surface area is 247 Å². The number of hydrogen-bond acceptors (Lipinski definition) is 10. The van der Waals surface area contributed by atoms with Crippen molar-refractivity contribution in [1.82, 2.24) is 19.8 Å². The molecule has 10 heteroatoms. The highest BCUT2D eigenvalue weighted by atomic mass is 16.5. The maximum absolute atomic E-state index is 10.8. The number of piperazine rings is 1. The van der Waals surface area contributed by atoms with Crippen LogP contribution in [0.3, 0.4) is 0 Å². The lowest BCUT2D eigenvalue weighted by Gasteiger charge is -2.38. The second-order valence-corrected chi connectivity index (χ2v) is 11.4. The Morgan fingerprint density at radius 2 is 1.90 bits per heavy atom. The molecule has 2 aromatic carbocycles. The second-order valence-electron chi connectivity index (χ2n) is 11.4. The number of nitrogens with zero attached hydrogens (tertiary/aromatic N) is 6. The van der Waals surface area contributed by atoms with Gasteiger partial charge in [-0.15, -0.1) is 0 Å². The van der Waals surface area contributed by atoms with Crippen LogP contribution < -0.4 is 14.5 Å². The maximum atomic E-state index is 10.8. The molecule has 1 atom stereocenters. The molecular formula is C32H40N6O4. The zero-order chi connectivity index (χ0) is 28.9. The highest BCUT2D eigenvalue weighted by molar-refractivity contribution is 5.95. The SMILES string of the molecule is COCCN1CC[C@H](COc2nc3c(c(N4CCN(C=CC=O)CC4)n2)CCN(c2cc(O)cc4ccccc24)C3)C1. The van der Waals surface area contributed by atoms with E-state index in [9.17, 15) is 9.90 Å². The minimum absolute atomic E-state index is 0.263. The van der Waals surface area contributed by atoms with Gasteiger partial charge in [-0.3, -0.25) is 4.79 Å². The number of rotatable bonds is 10. The summed E-state index contributed by atoms with van der Waals surface area (Å²) in [5.41, 5.74) is 3.16. The van der Waals surface area contributed by atoms with Gasteiger partial charge >= 0.3 is 6.01 Å². The number of carbonyl (C=O) groups excluding carboxylic acids is 1. The van der Waals surface area contributed by atoms with E-state index >= 15 is 0 Å². The normalized spacial score (nSPS) is 19.5. The van der Waals surface area contributed by atoms with Crippen molar-refractivity contribution >= 4 is 28.6 Å². The van der Waals surface area contributed by atoms with Crippen LogP contribution in [0.4, 0.5) is 11.5 Å². The van der Waals surface area contributed by atoms with Crippen LogP contribution in [-0.2, 0) is 22.5 Å². The zero-order valence-corrected chi connectivity index (χ0v) is 24.3. The van der Waals surface area contributed by atoms with Crippen molar-refractivity contribution in [3.8, 4) is 11.8 Å². The topological polar surface area (TPSA) is 94.5 Å². The number of aromatic nitrogens is 2. The molecule has 10 nitrogen and oxygen atoms in total. The van der Waals surface area contributed by atoms with E-state index in [4.69, 9.17) is 19.4 Å². The first kappa shape index (κ1) is 28.2. The van der Waals surface area contributed by atoms with E-state index in [1.54, 1.807) is 13.2 Å². The van der Waals surface area contributed by atoms with Crippen LogP contribution in [0.25, 0.3) is 10.8 Å². The Morgan fingerprint density at radius 3 is 2.74 bits per heavy atom. The highest BCUT2D eigenvalue weighted by Crippen LogP contribution is 2.36. The molecule has 1 N–H and O–H groups in total. The van der Waals surface area contributed by atoms with E-state index in [-0.39, 0.29) is 5.75 Å². The number of aromatic hydroxyl groups is 1. The smallest absolute Gasteiger partial charge is 0.318 e. The first-order chi connectivity index (χ1) is 20.6. The number of fused-ring (bicyclic) bond motifs is 2. The number of allylic oxidation sites excluding steroid dienone is 1. The summed E-state index contributed by atoms with van der Waals surface area (Å²) >= 11 is 0. The lowest BCUT2D eigenvalue weighted by molar-refractivity contribution is -0.104. The molecule has 0 bridgehead atoms. The summed E-state index contributed by atoms with van der Waals surface area (Å²) < 4.78 is 11.6. The summed E-state index contributed by atoms with van der Waals surface area (Å²) in [5, 5.41) is 12.6. The van der Waals surface area contributed by atoms with Crippen LogP contribution in [0.5, 0.6) is 11.8 Å². The summed E-state index contributed by atoms with van der Waals surface area (Å²) in [6.07, 6.45) is 6.13. The number of ether oxygens (including phenoxy) is 2. The summed E-state index contributed by atoms with van der Waals surface area (Å²) in [7, 11) is 1.74.